The zero-order valence-corrected chi connectivity index (χ0v) is 10.1. The lowest BCUT2D eigenvalue weighted by molar-refractivity contribution is 0.628. The van der Waals surface area contributed by atoms with E-state index in [1.807, 2.05) is 0 Å². The Morgan fingerprint density at radius 2 is 2.38 bits per heavy atom. The van der Waals surface area contributed by atoms with E-state index in [9.17, 15) is 4.39 Å². The first-order valence-corrected chi connectivity index (χ1v) is 6.41. The molecule has 4 heteroatoms. The van der Waals surface area contributed by atoms with Gasteiger partial charge in [0.2, 0.25) is 0 Å². The van der Waals surface area contributed by atoms with Crippen LogP contribution in [0.15, 0.2) is 24.3 Å². The normalized spacial score (nSPS) is 11.8. The minimum Gasteiger partial charge on any atom is -0.370 e. The van der Waals surface area contributed by atoms with Crippen molar-refractivity contribution in [3.63, 3.8) is 0 Å². The SMILES string of the molecule is CCSCCC(C#N)Nc1cccc(F)c1. The second-order valence-corrected chi connectivity index (χ2v) is 4.72. The Hall–Kier alpha value is -1.21. The molecule has 0 saturated heterocycles. The van der Waals surface area contributed by atoms with Crippen molar-refractivity contribution in [1.82, 2.24) is 0 Å². The number of nitrogens with one attached hydrogen (secondary N) is 1. The van der Waals surface area contributed by atoms with Gasteiger partial charge in [-0.1, -0.05) is 13.0 Å². The molecule has 0 aliphatic heterocycles. The third kappa shape index (κ3) is 4.54. The number of halogens is 1. The topological polar surface area (TPSA) is 35.8 Å². The van der Waals surface area contributed by atoms with Crippen LogP contribution in [0.3, 0.4) is 0 Å². The molecular formula is C12H15FN2S. The molecule has 0 spiro atoms. The zero-order chi connectivity index (χ0) is 11.8. The Kier molecular flexibility index (Phi) is 5.73. The van der Waals surface area contributed by atoms with Crippen LogP contribution in [0.4, 0.5) is 10.1 Å². The van der Waals surface area contributed by atoms with Crippen LogP contribution in [-0.4, -0.2) is 17.5 Å². The number of benzene rings is 1. The summed E-state index contributed by atoms with van der Waals surface area (Å²) in [6.45, 7) is 2.09. The number of nitrogens with zero attached hydrogens (tertiary/aromatic N) is 1. The first-order valence-electron chi connectivity index (χ1n) is 5.25. The van der Waals surface area contributed by atoms with Crippen LogP contribution in [0.1, 0.15) is 13.3 Å². The fourth-order valence-electron chi connectivity index (χ4n) is 1.29. The molecule has 0 fully saturated rings. The summed E-state index contributed by atoms with van der Waals surface area (Å²) in [5.74, 6) is 1.71. The summed E-state index contributed by atoms with van der Waals surface area (Å²) in [6.07, 6.45) is 0.769. The summed E-state index contributed by atoms with van der Waals surface area (Å²) in [7, 11) is 0. The van der Waals surface area contributed by atoms with E-state index in [4.69, 9.17) is 5.26 Å². The maximum absolute atomic E-state index is 12.9. The highest BCUT2D eigenvalue weighted by molar-refractivity contribution is 7.99. The second kappa shape index (κ2) is 7.13. The summed E-state index contributed by atoms with van der Waals surface area (Å²) in [6, 6.07) is 8.12. The fraction of sp³-hybridized carbons (Fsp3) is 0.417. The van der Waals surface area contributed by atoms with Crippen LogP contribution in [0.5, 0.6) is 0 Å². The number of thioether (sulfide) groups is 1. The molecule has 1 N–H and O–H groups in total. The van der Waals surface area contributed by atoms with Gasteiger partial charge in [0, 0.05) is 5.69 Å². The number of hydrogen-bond donors (Lipinski definition) is 1. The van der Waals surface area contributed by atoms with Gasteiger partial charge in [-0.15, -0.1) is 0 Å². The van der Waals surface area contributed by atoms with Crippen molar-refractivity contribution in [2.45, 2.75) is 19.4 Å². The van der Waals surface area contributed by atoms with Crippen LogP contribution >= 0.6 is 11.8 Å². The molecular weight excluding hydrogens is 223 g/mol. The molecule has 1 atom stereocenters. The quantitative estimate of drug-likeness (QED) is 0.773. The standard InChI is InChI=1S/C12H15FN2S/c1-2-16-7-6-12(9-14)15-11-5-3-4-10(13)8-11/h3-5,8,12,15H,2,6-7H2,1H3. The van der Waals surface area contributed by atoms with Gasteiger partial charge in [0.1, 0.15) is 11.9 Å². The molecule has 0 aromatic heterocycles. The van der Waals surface area contributed by atoms with Crippen LogP contribution in [0, 0.1) is 17.1 Å². The van der Waals surface area contributed by atoms with Crippen molar-refractivity contribution in [3.8, 4) is 6.07 Å². The van der Waals surface area contributed by atoms with Gasteiger partial charge >= 0.3 is 0 Å². The first-order chi connectivity index (χ1) is 7.76. The van der Waals surface area contributed by atoms with Crippen molar-refractivity contribution in [2.75, 3.05) is 16.8 Å². The van der Waals surface area contributed by atoms with Gasteiger partial charge in [0.15, 0.2) is 0 Å². The molecule has 1 unspecified atom stereocenters. The highest BCUT2D eigenvalue weighted by Crippen LogP contribution is 2.13. The maximum atomic E-state index is 12.9. The van der Waals surface area contributed by atoms with E-state index >= 15 is 0 Å². The highest BCUT2D eigenvalue weighted by atomic mass is 32.2. The Balaban J connectivity index is 2.47. The van der Waals surface area contributed by atoms with E-state index in [0.717, 1.165) is 17.9 Å². The second-order valence-electron chi connectivity index (χ2n) is 3.32. The molecule has 0 bridgehead atoms. The molecule has 2 nitrogen and oxygen atoms in total. The highest BCUT2D eigenvalue weighted by Gasteiger charge is 2.06. The van der Waals surface area contributed by atoms with Gasteiger partial charge in [-0.25, -0.2) is 4.39 Å². The van der Waals surface area contributed by atoms with E-state index in [1.54, 1.807) is 23.9 Å². The average Bonchev–Trinajstić information content (AvgIpc) is 2.28. The van der Waals surface area contributed by atoms with Crippen molar-refractivity contribution in [2.24, 2.45) is 0 Å². The van der Waals surface area contributed by atoms with Gasteiger partial charge in [0.25, 0.3) is 0 Å². The molecule has 86 valence electrons. The predicted molar refractivity (Wildman–Crippen MR) is 67.0 cm³/mol. The van der Waals surface area contributed by atoms with Gasteiger partial charge in [-0.2, -0.15) is 17.0 Å². The molecule has 0 aliphatic carbocycles. The predicted octanol–water partition coefficient (Wildman–Crippen LogP) is 3.27. The summed E-state index contributed by atoms with van der Waals surface area (Å²) in [5.41, 5.74) is 0.660. The van der Waals surface area contributed by atoms with Crippen LogP contribution in [-0.2, 0) is 0 Å². The zero-order valence-electron chi connectivity index (χ0n) is 9.24. The molecule has 1 aromatic carbocycles. The molecule has 0 saturated carbocycles. The Morgan fingerprint density at radius 1 is 1.56 bits per heavy atom. The number of hydrogen-bond acceptors (Lipinski definition) is 3. The van der Waals surface area contributed by atoms with Crippen molar-refractivity contribution in [1.29, 1.82) is 5.26 Å². The van der Waals surface area contributed by atoms with Gasteiger partial charge in [-0.3, -0.25) is 0 Å². The van der Waals surface area contributed by atoms with E-state index in [-0.39, 0.29) is 11.9 Å². The van der Waals surface area contributed by atoms with E-state index in [0.29, 0.717) is 5.69 Å². The molecule has 0 aliphatic rings. The van der Waals surface area contributed by atoms with Crippen molar-refractivity contribution < 1.29 is 4.39 Å². The lowest BCUT2D eigenvalue weighted by atomic mass is 10.2. The largest absolute Gasteiger partial charge is 0.370 e. The lowest BCUT2D eigenvalue weighted by Crippen LogP contribution is -2.18. The number of rotatable bonds is 6. The number of anilines is 1. The van der Waals surface area contributed by atoms with E-state index in [2.05, 4.69) is 18.3 Å². The molecule has 16 heavy (non-hydrogen) atoms. The Bertz CT molecular complexity index is 362. The smallest absolute Gasteiger partial charge is 0.125 e. The van der Waals surface area contributed by atoms with Gasteiger partial charge in [0.05, 0.1) is 6.07 Å². The average molecular weight is 238 g/mol. The van der Waals surface area contributed by atoms with Gasteiger partial charge in [-0.05, 0) is 36.1 Å². The van der Waals surface area contributed by atoms with E-state index < -0.39 is 0 Å². The summed E-state index contributed by atoms with van der Waals surface area (Å²) < 4.78 is 12.9. The molecule has 1 rings (SSSR count). The fourth-order valence-corrected chi connectivity index (χ4v) is 1.99. The van der Waals surface area contributed by atoms with Crippen LogP contribution < -0.4 is 5.32 Å². The number of nitriles is 1. The molecule has 1 aromatic rings. The summed E-state index contributed by atoms with van der Waals surface area (Å²) in [5, 5.41) is 12.0. The monoisotopic (exact) mass is 238 g/mol. The van der Waals surface area contributed by atoms with Gasteiger partial charge < -0.3 is 5.32 Å². The minimum absolute atomic E-state index is 0.249. The van der Waals surface area contributed by atoms with Crippen molar-refractivity contribution >= 4 is 17.4 Å². The van der Waals surface area contributed by atoms with Crippen molar-refractivity contribution in [3.05, 3.63) is 30.1 Å². The molecule has 0 amide bonds. The molecule has 0 heterocycles. The lowest BCUT2D eigenvalue weighted by Gasteiger charge is -2.12. The van der Waals surface area contributed by atoms with Crippen LogP contribution in [0.25, 0.3) is 0 Å². The van der Waals surface area contributed by atoms with Crippen LogP contribution in [0.2, 0.25) is 0 Å². The summed E-state index contributed by atoms with van der Waals surface area (Å²) >= 11 is 1.80. The Labute approximate surface area is 99.9 Å². The third-order valence-electron chi connectivity index (χ3n) is 2.08. The third-order valence-corrected chi connectivity index (χ3v) is 3.01. The first kappa shape index (κ1) is 12.9. The minimum atomic E-state index is -0.287. The van der Waals surface area contributed by atoms with E-state index in [1.165, 1.54) is 12.1 Å². The molecule has 0 radical (unpaired) electrons. The Morgan fingerprint density at radius 3 is 3.00 bits per heavy atom. The summed E-state index contributed by atoms with van der Waals surface area (Å²) in [4.78, 5) is 0. The maximum Gasteiger partial charge on any atom is 0.125 e.